The average Bonchev–Trinajstić information content (AvgIpc) is 3.32. The van der Waals surface area contributed by atoms with Crippen LogP contribution in [0.2, 0.25) is 0 Å². The molecule has 1 aliphatic rings. The van der Waals surface area contributed by atoms with E-state index in [1.54, 1.807) is 25.1 Å². The number of hydrogen-bond acceptors (Lipinski definition) is 6. The number of aryl methyl sites for hydroxylation is 1. The Morgan fingerprint density at radius 1 is 0.907 bits per heavy atom. The third-order valence-corrected chi connectivity index (χ3v) is 9.64. The molecule has 6 nitrogen and oxygen atoms in total. The van der Waals surface area contributed by atoms with Gasteiger partial charge < -0.3 is 15.4 Å². The first-order valence-electron chi connectivity index (χ1n) is 14.4. The fourth-order valence-electron chi connectivity index (χ4n) is 5.09. The highest BCUT2D eigenvalue weighted by atomic mass is 32.2. The van der Waals surface area contributed by atoms with Gasteiger partial charge in [-0.3, -0.25) is 9.59 Å². The molecule has 222 valence electrons. The number of esters is 1. The molecule has 0 fully saturated rings. The summed E-state index contributed by atoms with van der Waals surface area (Å²) in [6, 6.07) is 22.0. The zero-order chi connectivity index (χ0) is 30.2. The summed E-state index contributed by atoms with van der Waals surface area (Å²) in [4.78, 5) is 41.7. The minimum Gasteiger partial charge on any atom is -0.462 e. The molecule has 1 aromatic heterocycles. The van der Waals surface area contributed by atoms with Crippen molar-refractivity contribution >= 4 is 51.6 Å². The lowest BCUT2D eigenvalue weighted by Crippen LogP contribution is -2.20. The molecule has 0 radical (unpaired) electrons. The summed E-state index contributed by atoms with van der Waals surface area (Å²) < 4.78 is 18.7. The van der Waals surface area contributed by atoms with Gasteiger partial charge in [-0.05, 0) is 86.2 Å². The van der Waals surface area contributed by atoms with Crippen LogP contribution in [0.25, 0.3) is 0 Å². The van der Waals surface area contributed by atoms with Crippen LogP contribution < -0.4 is 10.6 Å². The maximum absolute atomic E-state index is 14.0. The normalized spacial score (nSPS) is 13.6. The van der Waals surface area contributed by atoms with Crippen molar-refractivity contribution in [3.63, 3.8) is 0 Å². The summed E-state index contributed by atoms with van der Waals surface area (Å²) in [5.41, 5.74) is 3.18. The van der Waals surface area contributed by atoms with Crippen molar-refractivity contribution in [2.24, 2.45) is 0 Å². The van der Waals surface area contributed by atoms with Crippen molar-refractivity contribution in [2.75, 3.05) is 17.2 Å². The molecule has 1 heterocycles. The molecule has 5 rings (SSSR count). The molecule has 2 amide bonds. The molecule has 43 heavy (non-hydrogen) atoms. The number of thiophene rings is 1. The van der Waals surface area contributed by atoms with Gasteiger partial charge in [0.1, 0.15) is 16.1 Å². The number of rotatable bonds is 9. The number of anilines is 2. The Kier molecular flexibility index (Phi) is 10.3. The first-order chi connectivity index (χ1) is 20.9. The van der Waals surface area contributed by atoms with Gasteiger partial charge in [0.15, 0.2) is 0 Å². The second-order valence-corrected chi connectivity index (χ2v) is 12.5. The highest BCUT2D eigenvalue weighted by molar-refractivity contribution is 8.00. The van der Waals surface area contributed by atoms with E-state index in [0.29, 0.717) is 21.8 Å². The standard InChI is InChI=1S/C34H33FN2O4S2/c1-2-41-34(40)29-27-15-8-3-4-9-16-28(27)43-33(29)37-32(39)30(22-11-6-5-7-12-22)42-26-14-10-13-25(21-26)36-31(38)23-17-19-24(35)20-18-23/h5-7,10-14,17-21,30H,2-4,8-9,15-16H2,1H3,(H,36,38)(H,37,39). The van der Waals surface area contributed by atoms with Crippen LogP contribution in [0.5, 0.6) is 0 Å². The second-order valence-electron chi connectivity index (χ2n) is 10.2. The number of hydrogen-bond donors (Lipinski definition) is 2. The van der Waals surface area contributed by atoms with Crippen molar-refractivity contribution in [1.82, 2.24) is 0 Å². The Bertz CT molecular complexity index is 1590. The minimum absolute atomic E-state index is 0.253. The fraction of sp³-hybridized carbons (Fsp3) is 0.265. The lowest BCUT2D eigenvalue weighted by Gasteiger charge is -2.18. The molecule has 0 saturated carbocycles. The molecule has 0 aliphatic heterocycles. The van der Waals surface area contributed by atoms with Crippen LogP contribution in [0.4, 0.5) is 15.1 Å². The maximum Gasteiger partial charge on any atom is 0.341 e. The van der Waals surface area contributed by atoms with E-state index in [-0.39, 0.29) is 18.4 Å². The summed E-state index contributed by atoms with van der Waals surface area (Å²) >= 11 is 2.83. The molecule has 1 atom stereocenters. The first kappa shape index (κ1) is 30.5. The van der Waals surface area contributed by atoms with Gasteiger partial charge in [-0.15, -0.1) is 23.1 Å². The molecule has 9 heteroatoms. The molecule has 1 unspecified atom stereocenters. The van der Waals surface area contributed by atoms with Crippen LogP contribution in [0.1, 0.15) is 74.6 Å². The fourth-order valence-corrected chi connectivity index (χ4v) is 7.46. The van der Waals surface area contributed by atoms with Crippen molar-refractivity contribution in [3.8, 4) is 0 Å². The Morgan fingerprint density at radius 3 is 2.40 bits per heavy atom. The van der Waals surface area contributed by atoms with Gasteiger partial charge >= 0.3 is 5.97 Å². The smallest absolute Gasteiger partial charge is 0.341 e. The quantitative estimate of drug-likeness (QED) is 0.146. The largest absolute Gasteiger partial charge is 0.462 e. The summed E-state index contributed by atoms with van der Waals surface area (Å²) in [7, 11) is 0. The van der Waals surface area contributed by atoms with E-state index in [1.165, 1.54) is 47.4 Å². The van der Waals surface area contributed by atoms with Crippen molar-refractivity contribution in [1.29, 1.82) is 0 Å². The van der Waals surface area contributed by atoms with E-state index >= 15 is 0 Å². The third-order valence-electron chi connectivity index (χ3n) is 7.18. The minimum atomic E-state index is -0.635. The Balaban J connectivity index is 1.41. The van der Waals surface area contributed by atoms with Gasteiger partial charge in [0.05, 0.1) is 12.2 Å². The molecule has 0 spiro atoms. The Hall–Kier alpha value is -3.95. The number of ether oxygens (including phenoxy) is 1. The van der Waals surface area contributed by atoms with Crippen LogP contribution in [0.15, 0.2) is 83.8 Å². The van der Waals surface area contributed by atoms with Crippen LogP contribution in [-0.2, 0) is 22.4 Å². The average molecular weight is 617 g/mol. The van der Waals surface area contributed by atoms with Gasteiger partial charge in [0.2, 0.25) is 5.91 Å². The van der Waals surface area contributed by atoms with E-state index in [4.69, 9.17) is 4.74 Å². The van der Waals surface area contributed by atoms with Gasteiger partial charge in [-0.25, -0.2) is 9.18 Å². The van der Waals surface area contributed by atoms with E-state index in [2.05, 4.69) is 10.6 Å². The van der Waals surface area contributed by atoms with Gasteiger partial charge in [-0.2, -0.15) is 0 Å². The topological polar surface area (TPSA) is 84.5 Å². The van der Waals surface area contributed by atoms with E-state index in [0.717, 1.165) is 59.4 Å². The van der Waals surface area contributed by atoms with Crippen LogP contribution in [0.3, 0.4) is 0 Å². The summed E-state index contributed by atoms with van der Waals surface area (Å²) in [5, 5.41) is 5.85. The number of carbonyl (C=O) groups excluding carboxylic acids is 3. The summed E-state index contributed by atoms with van der Waals surface area (Å²) in [5.74, 6) is -1.43. The lowest BCUT2D eigenvalue weighted by atomic mass is 9.96. The molecular weight excluding hydrogens is 584 g/mol. The van der Waals surface area contributed by atoms with E-state index in [1.807, 2.05) is 36.4 Å². The third kappa shape index (κ3) is 7.72. The van der Waals surface area contributed by atoms with E-state index < -0.39 is 17.0 Å². The number of amides is 2. The summed E-state index contributed by atoms with van der Waals surface area (Å²) in [6.07, 6.45) is 6.01. The zero-order valence-electron chi connectivity index (χ0n) is 23.9. The molecule has 2 N–H and O–H groups in total. The van der Waals surface area contributed by atoms with Gasteiger partial charge in [0, 0.05) is 21.0 Å². The number of fused-ring (bicyclic) bond motifs is 1. The summed E-state index contributed by atoms with van der Waals surface area (Å²) in [6.45, 7) is 2.04. The van der Waals surface area contributed by atoms with Gasteiger partial charge in [0.25, 0.3) is 5.91 Å². The second kappa shape index (κ2) is 14.5. The van der Waals surface area contributed by atoms with Gasteiger partial charge in [-0.1, -0.05) is 49.2 Å². The highest BCUT2D eigenvalue weighted by Gasteiger charge is 2.29. The molecule has 4 aromatic rings. The molecular formula is C34H33FN2O4S2. The SMILES string of the molecule is CCOC(=O)c1c(NC(=O)C(Sc2cccc(NC(=O)c3ccc(F)cc3)c2)c2ccccc2)sc2c1CCCCCC2. The molecule has 0 bridgehead atoms. The predicted octanol–water partition coefficient (Wildman–Crippen LogP) is 8.45. The van der Waals surface area contributed by atoms with E-state index in [9.17, 15) is 18.8 Å². The number of thioether (sulfide) groups is 1. The predicted molar refractivity (Wildman–Crippen MR) is 171 cm³/mol. The maximum atomic E-state index is 14.0. The lowest BCUT2D eigenvalue weighted by molar-refractivity contribution is -0.115. The van der Waals surface area contributed by atoms with Crippen molar-refractivity contribution in [3.05, 3.63) is 112 Å². The molecule has 3 aromatic carbocycles. The van der Waals surface area contributed by atoms with Crippen molar-refractivity contribution < 1.29 is 23.5 Å². The highest BCUT2D eigenvalue weighted by Crippen LogP contribution is 2.41. The molecule has 0 saturated heterocycles. The van der Waals surface area contributed by atoms with Crippen LogP contribution in [0, 0.1) is 5.82 Å². The Labute approximate surface area is 259 Å². The number of benzene rings is 3. The number of carbonyl (C=O) groups is 3. The Morgan fingerprint density at radius 2 is 1.65 bits per heavy atom. The zero-order valence-corrected chi connectivity index (χ0v) is 25.5. The van der Waals surface area contributed by atoms with Crippen LogP contribution in [-0.4, -0.2) is 24.4 Å². The number of nitrogens with one attached hydrogen (secondary N) is 2. The molecule has 1 aliphatic carbocycles. The first-order valence-corrected chi connectivity index (χ1v) is 16.1. The van der Waals surface area contributed by atoms with Crippen LogP contribution >= 0.6 is 23.1 Å². The number of halogens is 1. The van der Waals surface area contributed by atoms with Crippen molar-refractivity contribution in [2.45, 2.75) is 55.6 Å². The monoisotopic (exact) mass is 616 g/mol.